The van der Waals surface area contributed by atoms with E-state index in [1.807, 2.05) is 14.1 Å². The van der Waals surface area contributed by atoms with E-state index in [1.165, 1.54) is 0 Å². The Hall–Kier alpha value is -0.300. The predicted octanol–water partition coefficient (Wildman–Crippen LogP) is -0.251. The first-order chi connectivity index (χ1) is 8.11. The lowest BCUT2D eigenvalue weighted by molar-refractivity contribution is -0.129. The first-order valence-corrected chi connectivity index (χ1v) is 6.87. The average molecular weight is 264 g/mol. The third-order valence-corrected chi connectivity index (χ3v) is 3.12. The fourth-order valence-electron chi connectivity index (χ4n) is 1.18. The van der Waals surface area contributed by atoms with Gasteiger partial charge >= 0.3 is 0 Å². The van der Waals surface area contributed by atoms with Gasteiger partial charge in [0.05, 0.1) is 19.0 Å². The standard InChI is InChI=1S/C11H24N2O3S/c1-12(2)6-9-17-10-11(15)13(4-7-14)5-8-16-3/h14H,4-10H2,1-3H3. The van der Waals surface area contributed by atoms with Gasteiger partial charge < -0.3 is 19.6 Å². The number of thioether (sulfide) groups is 1. The number of nitrogens with zero attached hydrogens (tertiary/aromatic N) is 2. The molecule has 1 N–H and O–H groups in total. The molecular weight excluding hydrogens is 240 g/mol. The Bertz CT molecular complexity index is 203. The van der Waals surface area contributed by atoms with Crippen molar-refractivity contribution in [3.63, 3.8) is 0 Å². The van der Waals surface area contributed by atoms with Gasteiger partial charge in [-0.25, -0.2) is 0 Å². The number of carbonyl (C=O) groups excluding carboxylic acids is 1. The average Bonchev–Trinajstić information content (AvgIpc) is 2.29. The van der Waals surface area contributed by atoms with Crippen molar-refractivity contribution in [2.45, 2.75) is 0 Å². The van der Waals surface area contributed by atoms with E-state index in [0.29, 0.717) is 25.4 Å². The molecule has 0 aromatic heterocycles. The molecule has 0 aromatic carbocycles. The number of aliphatic hydroxyl groups is 1. The lowest BCUT2D eigenvalue weighted by Crippen LogP contribution is -2.37. The third-order valence-electron chi connectivity index (χ3n) is 2.20. The summed E-state index contributed by atoms with van der Waals surface area (Å²) in [5, 5.41) is 8.88. The lowest BCUT2D eigenvalue weighted by atomic mass is 10.4. The number of hydrogen-bond donors (Lipinski definition) is 1. The summed E-state index contributed by atoms with van der Waals surface area (Å²) >= 11 is 1.62. The predicted molar refractivity (Wildman–Crippen MR) is 71.4 cm³/mol. The molecule has 17 heavy (non-hydrogen) atoms. The van der Waals surface area contributed by atoms with Crippen LogP contribution in [-0.4, -0.2) is 86.4 Å². The number of aliphatic hydroxyl groups excluding tert-OH is 1. The maximum atomic E-state index is 11.8. The van der Waals surface area contributed by atoms with Gasteiger partial charge in [-0.3, -0.25) is 4.79 Å². The van der Waals surface area contributed by atoms with Gasteiger partial charge in [-0.05, 0) is 14.1 Å². The molecule has 0 aliphatic carbocycles. The van der Waals surface area contributed by atoms with E-state index in [4.69, 9.17) is 9.84 Å². The van der Waals surface area contributed by atoms with Gasteiger partial charge in [0, 0.05) is 32.5 Å². The summed E-state index contributed by atoms with van der Waals surface area (Å²) in [5.41, 5.74) is 0. The molecule has 0 saturated heterocycles. The molecule has 0 aliphatic heterocycles. The van der Waals surface area contributed by atoms with Gasteiger partial charge in [0.2, 0.25) is 5.91 Å². The van der Waals surface area contributed by atoms with Gasteiger partial charge in [-0.15, -0.1) is 0 Å². The maximum absolute atomic E-state index is 11.8. The minimum Gasteiger partial charge on any atom is -0.395 e. The molecule has 0 atom stereocenters. The zero-order valence-corrected chi connectivity index (χ0v) is 11.8. The van der Waals surface area contributed by atoms with Crippen molar-refractivity contribution in [1.29, 1.82) is 0 Å². The molecule has 0 rings (SSSR count). The molecule has 6 heteroatoms. The SMILES string of the molecule is COCCN(CCO)C(=O)CSCCN(C)C. The summed E-state index contributed by atoms with van der Waals surface area (Å²) in [6.45, 7) is 2.41. The summed E-state index contributed by atoms with van der Waals surface area (Å²) in [6.07, 6.45) is 0. The maximum Gasteiger partial charge on any atom is 0.232 e. The highest BCUT2D eigenvalue weighted by molar-refractivity contribution is 7.99. The summed E-state index contributed by atoms with van der Waals surface area (Å²) < 4.78 is 4.94. The second-order valence-corrected chi connectivity index (χ2v) is 5.06. The number of hydrogen-bond acceptors (Lipinski definition) is 5. The molecule has 102 valence electrons. The van der Waals surface area contributed by atoms with Crippen LogP contribution in [0.4, 0.5) is 0 Å². The molecule has 0 fully saturated rings. The van der Waals surface area contributed by atoms with Crippen LogP contribution in [-0.2, 0) is 9.53 Å². The van der Waals surface area contributed by atoms with Crippen molar-refractivity contribution in [3.8, 4) is 0 Å². The molecule has 5 nitrogen and oxygen atoms in total. The monoisotopic (exact) mass is 264 g/mol. The fraction of sp³-hybridized carbons (Fsp3) is 0.909. The number of carbonyl (C=O) groups is 1. The minimum absolute atomic E-state index is 0.00216. The van der Waals surface area contributed by atoms with Crippen molar-refractivity contribution in [2.24, 2.45) is 0 Å². The molecule has 1 amide bonds. The van der Waals surface area contributed by atoms with E-state index >= 15 is 0 Å². The number of methoxy groups -OCH3 is 1. The van der Waals surface area contributed by atoms with Gasteiger partial charge in [0.1, 0.15) is 0 Å². The molecule has 0 saturated carbocycles. The molecular formula is C11H24N2O3S. The Morgan fingerprint density at radius 2 is 2.00 bits per heavy atom. The molecule has 0 unspecified atom stereocenters. The summed E-state index contributed by atoms with van der Waals surface area (Å²) in [6, 6.07) is 0. The molecule has 0 heterocycles. The zero-order valence-electron chi connectivity index (χ0n) is 11.0. The zero-order chi connectivity index (χ0) is 13.1. The third kappa shape index (κ3) is 9.41. The van der Waals surface area contributed by atoms with Crippen molar-refractivity contribution < 1.29 is 14.6 Å². The van der Waals surface area contributed by atoms with Crippen molar-refractivity contribution in [1.82, 2.24) is 9.80 Å². The van der Waals surface area contributed by atoms with Gasteiger partial charge in [-0.2, -0.15) is 11.8 Å². The van der Waals surface area contributed by atoms with Crippen molar-refractivity contribution in [2.75, 3.05) is 65.6 Å². The van der Waals surface area contributed by atoms with E-state index in [2.05, 4.69) is 4.90 Å². The van der Waals surface area contributed by atoms with Crippen LogP contribution in [0.15, 0.2) is 0 Å². The number of rotatable bonds is 10. The molecule has 0 spiro atoms. The quantitative estimate of drug-likeness (QED) is 0.551. The van der Waals surface area contributed by atoms with E-state index in [1.54, 1.807) is 23.8 Å². The normalized spacial score (nSPS) is 10.9. The van der Waals surface area contributed by atoms with Crippen LogP contribution in [0.1, 0.15) is 0 Å². The van der Waals surface area contributed by atoms with Crippen LogP contribution in [0.2, 0.25) is 0 Å². The summed E-state index contributed by atoms with van der Waals surface area (Å²) in [7, 11) is 5.63. The Kier molecular flexibility index (Phi) is 10.6. The summed E-state index contributed by atoms with van der Waals surface area (Å²) in [4.78, 5) is 15.5. The molecule has 0 radical (unpaired) electrons. The van der Waals surface area contributed by atoms with Gasteiger partial charge in [-0.1, -0.05) is 0 Å². The van der Waals surface area contributed by atoms with Crippen molar-refractivity contribution >= 4 is 17.7 Å². The number of amides is 1. The Morgan fingerprint density at radius 3 is 2.53 bits per heavy atom. The molecule has 0 aromatic rings. The second kappa shape index (κ2) is 10.8. The lowest BCUT2D eigenvalue weighted by Gasteiger charge is -2.21. The van der Waals surface area contributed by atoms with Crippen LogP contribution in [0.3, 0.4) is 0 Å². The highest BCUT2D eigenvalue weighted by Crippen LogP contribution is 2.03. The largest absolute Gasteiger partial charge is 0.395 e. The van der Waals surface area contributed by atoms with Crippen LogP contribution >= 0.6 is 11.8 Å². The topological polar surface area (TPSA) is 53.0 Å². The highest BCUT2D eigenvalue weighted by Gasteiger charge is 2.12. The van der Waals surface area contributed by atoms with E-state index in [-0.39, 0.29) is 12.5 Å². The van der Waals surface area contributed by atoms with Crippen LogP contribution in [0.5, 0.6) is 0 Å². The Labute approximate surface area is 108 Å². The van der Waals surface area contributed by atoms with E-state index < -0.39 is 0 Å². The van der Waals surface area contributed by atoms with Gasteiger partial charge in [0.25, 0.3) is 0 Å². The smallest absolute Gasteiger partial charge is 0.232 e. The highest BCUT2D eigenvalue weighted by atomic mass is 32.2. The van der Waals surface area contributed by atoms with Crippen molar-refractivity contribution in [3.05, 3.63) is 0 Å². The molecule has 0 aliphatic rings. The Balaban J connectivity index is 3.80. The van der Waals surface area contributed by atoms with E-state index in [9.17, 15) is 4.79 Å². The first kappa shape index (κ1) is 16.7. The van der Waals surface area contributed by atoms with Crippen LogP contribution < -0.4 is 0 Å². The first-order valence-electron chi connectivity index (χ1n) is 5.71. The Morgan fingerprint density at radius 1 is 1.29 bits per heavy atom. The number of ether oxygens (including phenoxy) is 1. The minimum atomic E-state index is -0.00216. The summed E-state index contributed by atoms with van der Waals surface area (Å²) in [5.74, 6) is 1.48. The fourth-order valence-corrected chi connectivity index (χ4v) is 2.18. The van der Waals surface area contributed by atoms with E-state index in [0.717, 1.165) is 12.3 Å². The second-order valence-electron chi connectivity index (χ2n) is 3.95. The molecule has 0 bridgehead atoms. The van der Waals surface area contributed by atoms with Crippen LogP contribution in [0, 0.1) is 0 Å². The van der Waals surface area contributed by atoms with Gasteiger partial charge in [0.15, 0.2) is 0 Å². The van der Waals surface area contributed by atoms with Crippen LogP contribution in [0.25, 0.3) is 0 Å².